The van der Waals surface area contributed by atoms with Crippen LogP contribution in [0.1, 0.15) is 23.3 Å². The lowest BCUT2D eigenvalue weighted by atomic mass is 9.97. The standard InChI is InChI=1S/C19H20N4O3S2/c1-2-11-23-18(24)16-14-5-3-4-6-15(14)27-17(16)22-19(23)21-12-7-9-13(10-8-12)28(20,25)26/h2,7-10H,1,3-6,11H2,(H,21,22)(H2,20,25,26). The first-order valence-corrected chi connectivity index (χ1v) is 11.3. The number of aromatic nitrogens is 2. The summed E-state index contributed by atoms with van der Waals surface area (Å²) < 4.78 is 24.4. The predicted molar refractivity (Wildman–Crippen MR) is 112 cm³/mol. The first-order valence-electron chi connectivity index (χ1n) is 8.94. The first kappa shape index (κ1) is 18.9. The molecular weight excluding hydrogens is 396 g/mol. The van der Waals surface area contributed by atoms with Crippen LogP contribution in [0.3, 0.4) is 0 Å². The summed E-state index contributed by atoms with van der Waals surface area (Å²) in [5.74, 6) is 0.402. The van der Waals surface area contributed by atoms with Crippen molar-refractivity contribution in [1.29, 1.82) is 0 Å². The highest BCUT2D eigenvalue weighted by Crippen LogP contribution is 2.34. The number of hydrogen-bond acceptors (Lipinski definition) is 6. The highest BCUT2D eigenvalue weighted by molar-refractivity contribution is 7.89. The number of sulfonamides is 1. The second-order valence-electron chi connectivity index (χ2n) is 6.73. The number of nitrogens with two attached hydrogens (primary N) is 1. The number of hydrogen-bond donors (Lipinski definition) is 2. The fourth-order valence-electron chi connectivity index (χ4n) is 3.49. The molecule has 146 valence electrons. The Bertz CT molecular complexity index is 1220. The van der Waals surface area contributed by atoms with Crippen LogP contribution in [0.15, 0.2) is 46.6 Å². The van der Waals surface area contributed by atoms with Gasteiger partial charge in [0.15, 0.2) is 0 Å². The van der Waals surface area contributed by atoms with Gasteiger partial charge in [-0.15, -0.1) is 17.9 Å². The summed E-state index contributed by atoms with van der Waals surface area (Å²) in [6.07, 6.45) is 5.80. The zero-order chi connectivity index (χ0) is 19.9. The van der Waals surface area contributed by atoms with Crippen LogP contribution in [0, 0.1) is 0 Å². The molecule has 2 aromatic heterocycles. The minimum absolute atomic E-state index is 0.0240. The van der Waals surface area contributed by atoms with Crippen LogP contribution in [0.5, 0.6) is 0 Å². The summed E-state index contributed by atoms with van der Waals surface area (Å²) >= 11 is 1.59. The van der Waals surface area contributed by atoms with Crippen molar-refractivity contribution in [2.24, 2.45) is 5.14 Å². The molecule has 1 aliphatic carbocycles. The Labute approximate surface area is 166 Å². The minimum atomic E-state index is -3.76. The maximum atomic E-state index is 13.2. The van der Waals surface area contributed by atoms with Gasteiger partial charge in [-0.25, -0.2) is 18.5 Å². The Morgan fingerprint density at radius 3 is 2.64 bits per heavy atom. The Morgan fingerprint density at radius 1 is 1.25 bits per heavy atom. The van der Waals surface area contributed by atoms with Crippen molar-refractivity contribution in [3.63, 3.8) is 0 Å². The molecular formula is C19H20N4O3S2. The lowest BCUT2D eigenvalue weighted by Crippen LogP contribution is -2.24. The minimum Gasteiger partial charge on any atom is -0.325 e. The number of allylic oxidation sites excluding steroid dienone is 1. The van der Waals surface area contributed by atoms with Crippen LogP contribution in [0.4, 0.5) is 11.6 Å². The molecule has 0 aliphatic heterocycles. The van der Waals surface area contributed by atoms with Crippen molar-refractivity contribution < 1.29 is 8.42 Å². The van der Waals surface area contributed by atoms with Gasteiger partial charge in [-0.3, -0.25) is 9.36 Å². The monoisotopic (exact) mass is 416 g/mol. The van der Waals surface area contributed by atoms with E-state index in [1.165, 1.54) is 17.0 Å². The first-order chi connectivity index (χ1) is 13.4. The fourth-order valence-corrected chi connectivity index (χ4v) is 5.26. The van der Waals surface area contributed by atoms with Gasteiger partial charge in [0, 0.05) is 17.1 Å². The zero-order valence-electron chi connectivity index (χ0n) is 15.1. The normalized spacial score (nSPS) is 14.0. The SMILES string of the molecule is C=CCn1c(Nc2ccc(S(N)(=O)=O)cc2)nc2sc3c(c2c1=O)CCCC3. The summed E-state index contributed by atoms with van der Waals surface area (Å²) in [7, 11) is -3.76. The van der Waals surface area contributed by atoms with E-state index < -0.39 is 10.0 Å². The van der Waals surface area contributed by atoms with Crippen LogP contribution < -0.4 is 16.0 Å². The molecule has 4 rings (SSSR count). The van der Waals surface area contributed by atoms with Crippen molar-refractivity contribution in [2.75, 3.05) is 5.32 Å². The van der Waals surface area contributed by atoms with E-state index in [4.69, 9.17) is 10.1 Å². The van der Waals surface area contributed by atoms with Crippen LogP contribution in [0.25, 0.3) is 10.2 Å². The molecule has 0 saturated heterocycles. The van der Waals surface area contributed by atoms with Gasteiger partial charge in [-0.2, -0.15) is 0 Å². The molecule has 0 spiro atoms. The molecule has 3 aromatic rings. The van der Waals surface area contributed by atoms with Gasteiger partial charge in [0.2, 0.25) is 16.0 Å². The lowest BCUT2D eigenvalue weighted by molar-refractivity contribution is 0.598. The van der Waals surface area contributed by atoms with Gasteiger partial charge in [0.1, 0.15) is 4.83 Å². The summed E-state index contributed by atoms with van der Waals surface area (Å²) in [5, 5.41) is 8.98. The van der Waals surface area contributed by atoms with E-state index in [0.717, 1.165) is 41.5 Å². The average molecular weight is 417 g/mol. The van der Waals surface area contributed by atoms with E-state index in [0.29, 0.717) is 18.2 Å². The second kappa shape index (κ2) is 7.16. The fraction of sp³-hybridized carbons (Fsp3) is 0.263. The van der Waals surface area contributed by atoms with E-state index in [9.17, 15) is 13.2 Å². The van der Waals surface area contributed by atoms with E-state index in [1.54, 1.807) is 34.1 Å². The maximum Gasteiger partial charge on any atom is 0.264 e. The third kappa shape index (κ3) is 3.36. The summed E-state index contributed by atoms with van der Waals surface area (Å²) in [4.78, 5) is 19.9. The number of aryl methyl sites for hydroxylation is 2. The molecule has 0 bridgehead atoms. The second-order valence-corrected chi connectivity index (χ2v) is 9.37. The van der Waals surface area contributed by atoms with Gasteiger partial charge >= 0.3 is 0 Å². The summed E-state index contributed by atoms with van der Waals surface area (Å²) in [6.45, 7) is 4.07. The van der Waals surface area contributed by atoms with E-state index in [1.807, 2.05) is 0 Å². The molecule has 7 nitrogen and oxygen atoms in total. The molecule has 0 fully saturated rings. The van der Waals surface area contributed by atoms with Gasteiger partial charge in [0.25, 0.3) is 5.56 Å². The van der Waals surface area contributed by atoms with Crippen molar-refractivity contribution in [2.45, 2.75) is 37.1 Å². The number of nitrogens with zero attached hydrogens (tertiary/aromatic N) is 2. The Morgan fingerprint density at radius 2 is 1.96 bits per heavy atom. The number of benzene rings is 1. The van der Waals surface area contributed by atoms with Crippen molar-refractivity contribution in [3.8, 4) is 0 Å². The summed E-state index contributed by atoms with van der Waals surface area (Å²) in [5.41, 5.74) is 1.68. The molecule has 0 radical (unpaired) electrons. The van der Waals surface area contributed by atoms with Gasteiger partial charge in [0.05, 0.1) is 10.3 Å². The van der Waals surface area contributed by atoms with Crippen LogP contribution in [-0.4, -0.2) is 18.0 Å². The molecule has 0 unspecified atom stereocenters. The van der Waals surface area contributed by atoms with Crippen LogP contribution >= 0.6 is 11.3 Å². The van der Waals surface area contributed by atoms with E-state index >= 15 is 0 Å². The Balaban J connectivity index is 1.81. The molecule has 1 aromatic carbocycles. The van der Waals surface area contributed by atoms with Crippen LogP contribution in [0.2, 0.25) is 0 Å². The molecule has 0 saturated carbocycles. The van der Waals surface area contributed by atoms with Crippen molar-refractivity contribution in [1.82, 2.24) is 9.55 Å². The molecule has 9 heteroatoms. The zero-order valence-corrected chi connectivity index (χ0v) is 16.8. The van der Waals surface area contributed by atoms with Gasteiger partial charge in [-0.1, -0.05) is 6.08 Å². The average Bonchev–Trinajstić information content (AvgIpc) is 3.03. The number of nitrogens with one attached hydrogen (secondary N) is 1. The smallest absolute Gasteiger partial charge is 0.264 e. The topological polar surface area (TPSA) is 107 Å². The van der Waals surface area contributed by atoms with Gasteiger partial charge in [-0.05, 0) is 55.5 Å². The molecule has 0 amide bonds. The number of thiophene rings is 1. The van der Waals surface area contributed by atoms with Gasteiger partial charge < -0.3 is 5.32 Å². The van der Waals surface area contributed by atoms with Crippen molar-refractivity contribution in [3.05, 3.63) is 57.7 Å². The van der Waals surface area contributed by atoms with Crippen molar-refractivity contribution >= 4 is 43.2 Å². The third-order valence-corrected chi connectivity index (χ3v) is 6.94. The molecule has 3 N–H and O–H groups in total. The third-order valence-electron chi connectivity index (χ3n) is 4.83. The van der Waals surface area contributed by atoms with E-state index in [-0.39, 0.29) is 10.5 Å². The van der Waals surface area contributed by atoms with E-state index in [2.05, 4.69) is 11.9 Å². The molecule has 0 atom stereocenters. The quantitative estimate of drug-likeness (QED) is 0.622. The number of primary sulfonamides is 1. The number of anilines is 2. The lowest BCUT2D eigenvalue weighted by Gasteiger charge is -2.14. The maximum absolute atomic E-state index is 13.2. The van der Waals surface area contributed by atoms with Crippen LogP contribution in [-0.2, 0) is 29.4 Å². The predicted octanol–water partition coefficient (Wildman–Crippen LogP) is 2.91. The molecule has 1 aliphatic rings. The highest BCUT2D eigenvalue weighted by atomic mass is 32.2. The largest absolute Gasteiger partial charge is 0.325 e. The number of rotatable bonds is 5. The highest BCUT2D eigenvalue weighted by Gasteiger charge is 2.22. The number of fused-ring (bicyclic) bond motifs is 3. The molecule has 28 heavy (non-hydrogen) atoms. The Hall–Kier alpha value is -2.49. The summed E-state index contributed by atoms with van der Waals surface area (Å²) in [6, 6.07) is 6.01. The Kier molecular flexibility index (Phi) is 4.82. The molecule has 2 heterocycles.